The molecule has 0 fully saturated rings. The van der Waals surface area contributed by atoms with Crippen molar-refractivity contribution in [1.29, 1.82) is 0 Å². The number of methoxy groups -OCH3 is 1. The molecule has 26 heavy (non-hydrogen) atoms. The second-order valence-electron chi connectivity index (χ2n) is 6.19. The van der Waals surface area contributed by atoms with Crippen LogP contribution in [-0.4, -0.2) is 17.4 Å². The molecule has 4 aromatic rings. The molecular formula is C21H15ClN2O2. The van der Waals surface area contributed by atoms with Gasteiger partial charge in [0.1, 0.15) is 11.5 Å². The number of hydrogen-bond donors (Lipinski definition) is 0. The normalized spacial score (nSPS) is 13.1. The first kappa shape index (κ1) is 15.3. The average Bonchev–Trinajstić information content (AvgIpc) is 3.28. The lowest BCUT2D eigenvalue weighted by atomic mass is 10.1. The van der Waals surface area contributed by atoms with Crippen LogP contribution in [0, 0.1) is 0 Å². The fourth-order valence-corrected chi connectivity index (χ4v) is 3.69. The Morgan fingerprint density at radius 2 is 2.08 bits per heavy atom. The third kappa shape index (κ3) is 2.19. The van der Waals surface area contributed by atoms with Gasteiger partial charge in [0.05, 0.1) is 36.7 Å². The largest absolute Gasteiger partial charge is 0.496 e. The number of rotatable bonds is 2. The highest BCUT2D eigenvalue weighted by atomic mass is 35.5. The quantitative estimate of drug-likeness (QED) is 0.489. The van der Waals surface area contributed by atoms with Gasteiger partial charge in [-0.15, -0.1) is 0 Å². The minimum Gasteiger partial charge on any atom is -0.496 e. The third-order valence-corrected chi connectivity index (χ3v) is 4.97. The van der Waals surface area contributed by atoms with E-state index in [1.54, 1.807) is 13.4 Å². The molecule has 0 saturated heterocycles. The molecule has 3 heterocycles. The molecule has 0 saturated carbocycles. The van der Waals surface area contributed by atoms with Crippen LogP contribution >= 0.6 is 11.6 Å². The summed E-state index contributed by atoms with van der Waals surface area (Å²) in [7, 11) is 1.67. The molecule has 0 radical (unpaired) electrons. The molecule has 0 bridgehead atoms. The van der Waals surface area contributed by atoms with Crippen LogP contribution in [0.15, 0.2) is 70.4 Å². The molecule has 0 spiro atoms. The molecule has 0 unspecified atom stereocenters. The first-order valence-corrected chi connectivity index (χ1v) is 8.69. The van der Waals surface area contributed by atoms with Crippen molar-refractivity contribution < 1.29 is 9.15 Å². The lowest BCUT2D eigenvalue weighted by Crippen LogP contribution is -2.08. The first-order chi connectivity index (χ1) is 12.8. The fourth-order valence-electron chi connectivity index (χ4n) is 3.53. The van der Waals surface area contributed by atoms with Crippen LogP contribution in [0.3, 0.4) is 0 Å². The van der Waals surface area contributed by atoms with E-state index in [-0.39, 0.29) is 0 Å². The molecule has 2 aromatic heterocycles. The molecular weight excluding hydrogens is 348 g/mol. The maximum atomic E-state index is 6.23. The van der Waals surface area contributed by atoms with E-state index in [9.17, 15) is 0 Å². The maximum Gasteiger partial charge on any atom is 0.165 e. The van der Waals surface area contributed by atoms with Crippen LogP contribution in [-0.2, 0) is 6.54 Å². The minimum atomic E-state index is 0.556. The van der Waals surface area contributed by atoms with E-state index in [0.717, 1.165) is 44.9 Å². The van der Waals surface area contributed by atoms with Crippen molar-refractivity contribution in [2.45, 2.75) is 6.54 Å². The molecule has 1 aliphatic heterocycles. The van der Waals surface area contributed by atoms with Crippen LogP contribution in [0.25, 0.3) is 16.5 Å². The second kappa shape index (κ2) is 5.78. The number of fused-ring (bicyclic) bond motifs is 4. The number of aliphatic imine (C=N–C) groups is 1. The molecule has 0 amide bonds. The monoisotopic (exact) mass is 362 g/mol. The Kier molecular flexibility index (Phi) is 3.40. The number of hydrogen-bond acceptors (Lipinski definition) is 3. The zero-order chi connectivity index (χ0) is 17.7. The van der Waals surface area contributed by atoms with E-state index in [2.05, 4.69) is 4.57 Å². The predicted molar refractivity (Wildman–Crippen MR) is 103 cm³/mol. The van der Waals surface area contributed by atoms with E-state index < -0.39 is 0 Å². The number of halogens is 1. The predicted octanol–water partition coefficient (Wildman–Crippen LogP) is 5.24. The zero-order valence-electron chi connectivity index (χ0n) is 14.1. The Morgan fingerprint density at radius 3 is 2.96 bits per heavy atom. The van der Waals surface area contributed by atoms with Gasteiger partial charge < -0.3 is 13.7 Å². The van der Waals surface area contributed by atoms with Gasteiger partial charge in [0.15, 0.2) is 5.76 Å². The molecule has 2 aromatic carbocycles. The van der Waals surface area contributed by atoms with Crippen LogP contribution in [0.2, 0.25) is 5.02 Å². The molecule has 4 nitrogen and oxygen atoms in total. The summed E-state index contributed by atoms with van der Waals surface area (Å²) in [6.45, 7) is 0.556. The number of benzene rings is 2. The van der Waals surface area contributed by atoms with E-state index in [1.807, 2.05) is 54.7 Å². The summed E-state index contributed by atoms with van der Waals surface area (Å²) in [5, 5.41) is 2.63. The summed E-state index contributed by atoms with van der Waals surface area (Å²) in [6.07, 6.45) is 3.77. The summed E-state index contributed by atoms with van der Waals surface area (Å²) in [5.41, 5.74) is 3.93. The Hall–Kier alpha value is -2.98. The third-order valence-electron chi connectivity index (χ3n) is 4.73. The van der Waals surface area contributed by atoms with E-state index >= 15 is 0 Å². The van der Waals surface area contributed by atoms with Gasteiger partial charge in [0, 0.05) is 16.6 Å². The van der Waals surface area contributed by atoms with Crippen molar-refractivity contribution in [3.63, 3.8) is 0 Å². The van der Waals surface area contributed by atoms with Gasteiger partial charge in [-0.2, -0.15) is 0 Å². The second-order valence-corrected chi connectivity index (χ2v) is 6.63. The lowest BCUT2D eigenvalue weighted by molar-refractivity contribution is 0.419. The van der Waals surface area contributed by atoms with E-state index in [0.29, 0.717) is 11.6 Å². The lowest BCUT2D eigenvalue weighted by Gasteiger charge is -2.11. The van der Waals surface area contributed by atoms with Crippen molar-refractivity contribution in [2.24, 2.45) is 4.99 Å². The van der Waals surface area contributed by atoms with Gasteiger partial charge in [-0.25, -0.2) is 0 Å². The van der Waals surface area contributed by atoms with Crippen molar-refractivity contribution in [2.75, 3.05) is 7.11 Å². The Morgan fingerprint density at radius 1 is 1.15 bits per heavy atom. The van der Waals surface area contributed by atoms with Gasteiger partial charge in [0.25, 0.3) is 0 Å². The number of furan rings is 1. The molecule has 5 rings (SSSR count). The van der Waals surface area contributed by atoms with Crippen LogP contribution in [0.4, 0.5) is 0 Å². The van der Waals surface area contributed by atoms with Crippen LogP contribution < -0.4 is 4.74 Å². The maximum absolute atomic E-state index is 6.23. The van der Waals surface area contributed by atoms with E-state index in [4.69, 9.17) is 25.7 Å². The first-order valence-electron chi connectivity index (χ1n) is 8.32. The Balaban J connectivity index is 1.77. The summed E-state index contributed by atoms with van der Waals surface area (Å²) >= 11 is 6.23. The summed E-state index contributed by atoms with van der Waals surface area (Å²) in [5.74, 6) is 1.49. The molecule has 0 atom stereocenters. The van der Waals surface area contributed by atoms with Crippen molar-refractivity contribution in [3.8, 4) is 11.4 Å². The van der Waals surface area contributed by atoms with Gasteiger partial charge in [0.2, 0.25) is 0 Å². The SMILES string of the molecule is COc1cccc2coc(C3=NCc4ccc(Cl)cc4-n4cccc43)c12. The van der Waals surface area contributed by atoms with Crippen molar-refractivity contribution in [3.05, 3.63) is 83.0 Å². The molecule has 128 valence electrons. The Labute approximate surface area is 155 Å². The number of ether oxygens (including phenoxy) is 1. The molecule has 1 aliphatic rings. The van der Waals surface area contributed by atoms with Crippen molar-refractivity contribution in [1.82, 2.24) is 4.57 Å². The summed E-state index contributed by atoms with van der Waals surface area (Å²) in [4.78, 5) is 4.88. The highest BCUT2D eigenvalue weighted by Gasteiger charge is 2.23. The standard InChI is InChI=1S/C21H15ClN2O2/c1-25-18-6-2-4-14-12-26-21(19(14)18)20-16-5-3-9-24(16)17-10-15(22)8-7-13(17)11-23-20/h2-10,12H,11H2,1H3. The average molecular weight is 363 g/mol. The summed E-state index contributed by atoms with van der Waals surface area (Å²) < 4.78 is 13.6. The molecule has 0 aliphatic carbocycles. The number of aromatic nitrogens is 1. The van der Waals surface area contributed by atoms with Gasteiger partial charge >= 0.3 is 0 Å². The fraction of sp³-hybridized carbons (Fsp3) is 0.0952. The molecule has 0 N–H and O–H groups in total. The topological polar surface area (TPSA) is 39.7 Å². The number of nitrogens with zero attached hydrogens (tertiary/aromatic N) is 2. The Bertz CT molecular complexity index is 1170. The minimum absolute atomic E-state index is 0.556. The van der Waals surface area contributed by atoms with Gasteiger partial charge in [-0.05, 0) is 35.9 Å². The van der Waals surface area contributed by atoms with Gasteiger partial charge in [-0.1, -0.05) is 29.8 Å². The smallest absolute Gasteiger partial charge is 0.165 e. The van der Waals surface area contributed by atoms with Crippen LogP contribution in [0.5, 0.6) is 5.75 Å². The van der Waals surface area contributed by atoms with Crippen molar-refractivity contribution >= 4 is 28.1 Å². The van der Waals surface area contributed by atoms with Crippen LogP contribution in [0.1, 0.15) is 17.0 Å². The highest BCUT2D eigenvalue weighted by Crippen LogP contribution is 2.34. The zero-order valence-corrected chi connectivity index (χ0v) is 14.8. The summed E-state index contributed by atoms with van der Waals surface area (Å²) in [6, 6.07) is 15.8. The molecule has 5 heteroatoms. The van der Waals surface area contributed by atoms with E-state index in [1.165, 1.54) is 0 Å². The van der Waals surface area contributed by atoms with Gasteiger partial charge in [-0.3, -0.25) is 4.99 Å². The highest BCUT2D eigenvalue weighted by molar-refractivity contribution is 6.30.